The van der Waals surface area contributed by atoms with E-state index in [0.29, 0.717) is 5.56 Å². The number of ketones is 1. The van der Waals surface area contributed by atoms with Crippen molar-refractivity contribution in [3.63, 3.8) is 0 Å². The van der Waals surface area contributed by atoms with Gasteiger partial charge in [0, 0.05) is 18.7 Å². The molecule has 27 heavy (non-hydrogen) atoms. The van der Waals surface area contributed by atoms with Gasteiger partial charge in [-0.05, 0) is 18.2 Å². The third-order valence-corrected chi connectivity index (χ3v) is 5.99. The third-order valence-electron chi connectivity index (χ3n) is 3.92. The van der Waals surface area contributed by atoms with Crippen LogP contribution in [-0.4, -0.2) is 44.2 Å². The van der Waals surface area contributed by atoms with Crippen molar-refractivity contribution >= 4 is 21.8 Å². The number of rotatable bonds is 8. The molecule has 0 aliphatic heterocycles. The predicted molar refractivity (Wildman–Crippen MR) is 97.6 cm³/mol. The molecule has 0 spiro atoms. The fraction of sp³-hybridized carbons (Fsp3) is 0.263. The molecule has 0 N–H and O–H groups in total. The fourth-order valence-corrected chi connectivity index (χ4v) is 4.00. The number of halogens is 1. The number of carbonyl (C=O) groups excluding carboxylic acids is 2. The van der Waals surface area contributed by atoms with E-state index in [0.717, 1.165) is 22.5 Å². The highest BCUT2D eigenvalue weighted by molar-refractivity contribution is 7.89. The van der Waals surface area contributed by atoms with E-state index < -0.39 is 39.1 Å². The summed E-state index contributed by atoms with van der Waals surface area (Å²) in [4.78, 5) is 23.6. The molecular weight excluding hydrogens is 373 g/mol. The quantitative estimate of drug-likeness (QED) is 0.509. The normalized spacial score (nSPS) is 11.4. The Kier molecular flexibility index (Phi) is 6.81. The summed E-state index contributed by atoms with van der Waals surface area (Å²) in [5.41, 5.74) is 0.234. The SMILES string of the molecule is CCN(CC)S(=O)(=O)c1cc(C(=O)OCC(=O)c2ccccc2)ccc1F. The van der Waals surface area contributed by atoms with Crippen LogP contribution >= 0.6 is 0 Å². The Labute approximate surface area is 157 Å². The van der Waals surface area contributed by atoms with Crippen LogP contribution in [0.4, 0.5) is 4.39 Å². The van der Waals surface area contributed by atoms with Crippen molar-refractivity contribution in [2.45, 2.75) is 18.7 Å². The number of carbonyl (C=O) groups is 2. The minimum absolute atomic E-state index is 0.150. The lowest BCUT2D eigenvalue weighted by Gasteiger charge is -2.19. The standard InChI is InChI=1S/C19H20FNO5S/c1-3-21(4-2)27(24,25)18-12-15(10-11-16(18)20)19(23)26-13-17(22)14-8-6-5-7-9-14/h5-12H,3-4,13H2,1-2H3. The van der Waals surface area contributed by atoms with Gasteiger partial charge in [-0.15, -0.1) is 0 Å². The summed E-state index contributed by atoms with van der Waals surface area (Å²) in [6.45, 7) is 3.09. The zero-order chi connectivity index (χ0) is 20.0. The highest BCUT2D eigenvalue weighted by Gasteiger charge is 2.26. The van der Waals surface area contributed by atoms with Gasteiger partial charge in [0.05, 0.1) is 5.56 Å². The van der Waals surface area contributed by atoms with Crippen molar-refractivity contribution in [3.8, 4) is 0 Å². The summed E-state index contributed by atoms with van der Waals surface area (Å²) in [7, 11) is -4.08. The molecule has 0 saturated carbocycles. The number of sulfonamides is 1. The van der Waals surface area contributed by atoms with E-state index in [9.17, 15) is 22.4 Å². The van der Waals surface area contributed by atoms with E-state index in [1.807, 2.05) is 0 Å². The fourth-order valence-electron chi connectivity index (χ4n) is 2.45. The van der Waals surface area contributed by atoms with E-state index >= 15 is 0 Å². The van der Waals surface area contributed by atoms with Crippen molar-refractivity contribution in [1.29, 1.82) is 0 Å². The summed E-state index contributed by atoms with van der Waals surface area (Å²) in [5, 5.41) is 0. The molecule has 0 saturated heterocycles. The van der Waals surface area contributed by atoms with Gasteiger partial charge in [-0.1, -0.05) is 44.2 Å². The molecule has 0 bridgehead atoms. The number of nitrogens with zero attached hydrogens (tertiary/aromatic N) is 1. The molecule has 0 radical (unpaired) electrons. The average molecular weight is 393 g/mol. The van der Waals surface area contributed by atoms with Gasteiger partial charge in [0.25, 0.3) is 0 Å². The zero-order valence-electron chi connectivity index (χ0n) is 15.0. The van der Waals surface area contributed by atoms with Gasteiger partial charge in [-0.3, -0.25) is 4.79 Å². The summed E-state index contributed by atoms with van der Waals surface area (Å²) in [6, 6.07) is 11.2. The molecule has 0 heterocycles. The van der Waals surface area contributed by atoms with Crippen LogP contribution in [-0.2, 0) is 14.8 Å². The number of Topliss-reactive ketones (excluding diaryl/α,β-unsaturated/α-hetero) is 1. The van der Waals surface area contributed by atoms with Crippen LogP contribution in [0.15, 0.2) is 53.4 Å². The number of esters is 1. The molecule has 0 atom stereocenters. The van der Waals surface area contributed by atoms with E-state index in [1.54, 1.807) is 44.2 Å². The van der Waals surface area contributed by atoms with Gasteiger partial charge in [0.2, 0.25) is 10.0 Å². The molecule has 144 valence electrons. The second kappa shape index (κ2) is 8.88. The highest BCUT2D eigenvalue weighted by Crippen LogP contribution is 2.21. The molecule has 0 aliphatic carbocycles. The first-order chi connectivity index (χ1) is 12.8. The van der Waals surface area contributed by atoms with Crippen molar-refractivity contribution in [2.75, 3.05) is 19.7 Å². The molecule has 8 heteroatoms. The first-order valence-electron chi connectivity index (χ1n) is 8.36. The Bertz CT molecular complexity index is 924. The molecule has 0 unspecified atom stereocenters. The van der Waals surface area contributed by atoms with Crippen molar-refractivity contribution in [2.24, 2.45) is 0 Å². The lowest BCUT2D eigenvalue weighted by molar-refractivity contribution is 0.0474. The molecule has 2 aromatic rings. The summed E-state index contributed by atoms with van der Waals surface area (Å²) < 4.78 is 45.2. The van der Waals surface area contributed by atoms with Crippen LogP contribution in [0.25, 0.3) is 0 Å². The van der Waals surface area contributed by atoms with Crippen LogP contribution < -0.4 is 0 Å². The molecule has 0 amide bonds. The van der Waals surface area contributed by atoms with E-state index in [-0.39, 0.29) is 18.7 Å². The van der Waals surface area contributed by atoms with Gasteiger partial charge in [-0.2, -0.15) is 4.31 Å². The maximum atomic E-state index is 14.1. The smallest absolute Gasteiger partial charge is 0.338 e. The molecule has 0 aromatic heterocycles. The Hall–Kier alpha value is -2.58. The van der Waals surface area contributed by atoms with Gasteiger partial charge in [0.15, 0.2) is 12.4 Å². The Morgan fingerprint density at radius 1 is 1.00 bits per heavy atom. The number of hydrogen-bond donors (Lipinski definition) is 0. The van der Waals surface area contributed by atoms with Crippen LogP contribution in [0.1, 0.15) is 34.6 Å². The third kappa shape index (κ3) is 4.78. The van der Waals surface area contributed by atoms with Gasteiger partial charge in [-0.25, -0.2) is 17.6 Å². The van der Waals surface area contributed by atoms with E-state index in [2.05, 4.69) is 0 Å². The van der Waals surface area contributed by atoms with Crippen LogP contribution in [0.5, 0.6) is 0 Å². The summed E-state index contributed by atoms with van der Waals surface area (Å²) in [5.74, 6) is -2.27. The molecule has 2 aromatic carbocycles. The molecule has 6 nitrogen and oxygen atoms in total. The lowest BCUT2D eigenvalue weighted by atomic mass is 10.1. The maximum Gasteiger partial charge on any atom is 0.338 e. The predicted octanol–water partition coefficient (Wildman–Crippen LogP) is 2.90. The topological polar surface area (TPSA) is 80.8 Å². The van der Waals surface area contributed by atoms with E-state index in [4.69, 9.17) is 4.74 Å². The molecule has 0 fully saturated rings. The van der Waals surface area contributed by atoms with Crippen LogP contribution in [0.2, 0.25) is 0 Å². The summed E-state index contributed by atoms with van der Waals surface area (Å²) >= 11 is 0. The van der Waals surface area contributed by atoms with Gasteiger partial charge < -0.3 is 4.74 Å². The Balaban J connectivity index is 2.19. The Morgan fingerprint density at radius 2 is 1.63 bits per heavy atom. The van der Waals surface area contributed by atoms with Crippen LogP contribution in [0.3, 0.4) is 0 Å². The second-order valence-electron chi connectivity index (χ2n) is 5.60. The zero-order valence-corrected chi connectivity index (χ0v) is 15.8. The Morgan fingerprint density at radius 3 is 2.22 bits per heavy atom. The minimum atomic E-state index is -4.08. The van der Waals surface area contributed by atoms with Crippen LogP contribution in [0, 0.1) is 5.82 Å². The van der Waals surface area contributed by atoms with Crippen molar-refractivity contribution in [1.82, 2.24) is 4.31 Å². The van der Waals surface area contributed by atoms with Gasteiger partial charge >= 0.3 is 5.97 Å². The number of hydrogen-bond acceptors (Lipinski definition) is 5. The maximum absolute atomic E-state index is 14.1. The average Bonchev–Trinajstić information content (AvgIpc) is 2.67. The van der Waals surface area contributed by atoms with Crippen molar-refractivity contribution < 1.29 is 27.1 Å². The number of ether oxygens (including phenoxy) is 1. The molecule has 0 aliphatic rings. The minimum Gasteiger partial charge on any atom is -0.454 e. The summed E-state index contributed by atoms with van der Waals surface area (Å²) in [6.07, 6.45) is 0. The van der Waals surface area contributed by atoms with Crippen molar-refractivity contribution in [3.05, 3.63) is 65.5 Å². The lowest BCUT2D eigenvalue weighted by Crippen LogP contribution is -2.31. The first-order valence-corrected chi connectivity index (χ1v) is 9.80. The molecular formula is C19H20FNO5S. The second-order valence-corrected chi connectivity index (χ2v) is 7.51. The first kappa shape index (κ1) is 20.7. The number of benzene rings is 2. The monoisotopic (exact) mass is 393 g/mol. The highest BCUT2D eigenvalue weighted by atomic mass is 32.2. The molecule has 2 rings (SSSR count). The largest absolute Gasteiger partial charge is 0.454 e. The van der Waals surface area contributed by atoms with E-state index in [1.165, 1.54) is 0 Å². The van der Waals surface area contributed by atoms with Gasteiger partial charge in [0.1, 0.15) is 10.7 Å².